The van der Waals surface area contributed by atoms with Crippen LogP contribution in [0.5, 0.6) is 0 Å². The van der Waals surface area contributed by atoms with Gasteiger partial charge in [-0.25, -0.2) is 0 Å². The van der Waals surface area contributed by atoms with Gasteiger partial charge in [0.15, 0.2) is 0 Å². The summed E-state index contributed by atoms with van der Waals surface area (Å²) in [6.45, 7) is 0. The molecule has 0 heterocycles. The van der Waals surface area contributed by atoms with Crippen molar-refractivity contribution in [1.29, 1.82) is 0 Å². The summed E-state index contributed by atoms with van der Waals surface area (Å²) in [6.07, 6.45) is 20.0. The summed E-state index contributed by atoms with van der Waals surface area (Å²) >= 11 is 0. The van der Waals surface area contributed by atoms with E-state index >= 15 is 0 Å². The molecule has 2 rings (SSSR count). The van der Waals surface area contributed by atoms with Gasteiger partial charge in [0.1, 0.15) is 0 Å². The van der Waals surface area contributed by atoms with Gasteiger partial charge < -0.3 is 27.0 Å². The van der Waals surface area contributed by atoms with Crippen molar-refractivity contribution in [3.05, 3.63) is 64.2 Å². The van der Waals surface area contributed by atoms with Crippen molar-refractivity contribution in [2.24, 2.45) is 0 Å². The molecule has 0 saturated heterocycles. The Bertz CT molecular complexity index is 49.3. The molecule has 2 saturated carbocycles. The molecule has 0 aromatic heterocycles. The van der Waals surface area contributed by atoms with Gasteiger partial charge in [0.05, 0.1) is 0 Å². The molecule has 80 valence electrons. The SMILES string of the molecule is [CH]1[CH][CH][CH][CH]1.[CH]1[CH][CH][CH][CH]1.[Ru+].[Ru+].[SH-].[SH-]. The zero-order chi connectivity index (χ0) is 7.07. The molecule has 2 aliphatic rings. The average Bonchev–Trinajstić information content (AvgIpc) is 2.67. The van der Waals surface area contributed by atoms with Crippen LogP contribution < -0.4 is 0 Å². The van der Waals surface area contributed by atoms with Crippen LogP contribution in [-0.4, -0.2) is 0 Å². The molecule has 0 nitrogen and oxygen atoms in total. The van der Waals surface area contributed by atoms with Crippen molar-refractivity contribution in [3.8, 4) is 0 Å². The Hall–Kier alpha value is 1.95. The molecule has 4 heteroatoms. The molecule has 2 fully saturated rings. The van der Waals surface area contributed by atoms with Gasteiger partial charge in [0.2, 0.25) is 0 Å². The van der Waals surface area contributed by atoms with Crippen LogP contribution in [0.2, 0.25) is 0 Å². The number of thiol groups is 2. The van der Waals surface area contributed by atoms with Gasteiger partial charge in [-0.15, -0.1) is 0 Å². The number of hydrogen-bond acceptors (Lipinski definition) is 2. The van der Waals surface area contributed by atoms with Crippen LogP contribution in [0.15, 0.2) is 0 Å². The quantitative estimate of drug-likeness (QED) is 0.345. The number of hydrogen-bond donors (Lipinski definition) is 0. The molecule has 2 aliphatic carbocycles. The Morgan fingerprint density at radius 2 is 0.357 bits per heavy atom. The third-order valence-corrected chi connectivity index (χ3v) is 1.11. The van der Waals surface area contributed by atoms with Crippen LogP contribution in [0.3, 0.4) is 0 Å². The van der Waals surface area contributed by atoms with Crippen LogP contribution in [0.25, 0.3) is 0 Å². The summed E-state index contributed by atoms with van der Waals surface area (Å²) in [6, 6.07) is 0. The fourth-order valence-electron chi connectivity index (χ4n) is 0.642. The van der Waals surface area contributed by atoms with Gasteiger partial charge in [-0.1, -0.05) is 0 Å². The zero-order valence-corrected chi connectivity index (χ0v) is 12.6. The molecule has 0 atom stereocenters. The van der Waals surface area contributed by atoms with E-state index in [-0.39, 0.29) is 65.9 Å². The molecule has 0 spiro atoms. The van der Waals surface area contributed by atoms with E-state index in [0.29, 0.717) is 0 Å². The fraction of sp³-hybridized carbons (Fsp3) is 0. The summed E-state index contributed by atoms with van der Waals surface area (Å²) in [5.41, 5.74) is 0. The Balaban J connectivity index is -0.0000000556. The summed E-state index contributed by atoms with van der Waals surface area (Å²) in [4.78, 5) is 0. The van der Waals surface area contributed by atoms with E-state index in [4.69, 9.17) is 0 Å². The van der Waals surface area contributed by atoms with E-state index < -0.39 is 0 Å². The topological polar surface area (TPSA) is 0 Å². The summed E-state index contributed by atoms with van der Waals surface area (Å²) < 4.78 is 0. The maximum atomic E-state index is 2.00. The van der Waals surface area contributed by atoms with Crippen LogP contribution in [0.4, 0.5) is 0 Å². The third-order valence-electron chi connectivity index (χ3n) is 1.11. The summed E-state index contributed by atoms with van der Waals surface area (Å²) in [5.74, 6) is 0. The summed E-state index contributed by atoms with van der Waals surface area (Å²) in [7, 11) is 0. The molecular formula is C10H12Ru2S2. The summed E-state index contributed by atoms with van der Waals surface area (Å²) in [5, 5.41) is 0. The Morgan fingerprint density at radius 1 is 0.286 bits per heavy atom. The van der Waals surface area contributed by atoms with Crippen LogP contribution in [0.1, 0.15) is 0 Å². The minimum Gasteiger partial charge on any atom is -0.813 e. The molecule has 14 heavy (non-hydrogen) atoms. The largest absolute Gasteiger partial charge is 1.00 e. The minimum absolute atomic E-state index is 0. The second-order valence-electron chi connectivity index (χ2n) is 1.92. The van der Waals surface area contributed by atoms with Gasteiger partial charge >= 0.3 is 39.0 Å². The normalized spacial score (nSPS) is 17.1. The zero-order valence-electron chi connectivity index (χ0n) is 7.38. The van der Waals surface area contributed by atoms with E-state index in [9.17, 15) is 0 Å². The van der Waals surface area contributed by atoms with Gasteiger partial charge in [0, 0.05) is 0 Å². The second kappa shape index (κ2) is 20.4. The number of rotatable bonds is 0. The van der Waals surface area contributed by atoms with Gasteiger partial charge in [0.25, 0.3) is 0 Å². The van der Waals surface area contributed by atoms with Crippen molar-refractivity contribution < 1.29 is 39.0 Å². The Labute approximate surface area is 129 Å². The molecule has 0 aliphatic heterocycles. The van der Waals surface area contributed by atoms with Crippen molar-refractivity contribution in [1.82, 2.24) is 0 Å². The fourth-order valence-corrected chi connectivity index (χ4v) is 0.642. The van der Waals surface area contributed by atoms with Gasteiger partial charge in [-0.2, -0.15) is 0 Å². The molecule has 0 amide bonds. The molecular weight excluding hydrogens is 386 g/mol. The molecule has 0 unspecified atom stereocenters. The van der Waals surface area contributed by atoms with Crippen molar-refractivity contribution in [2.75, 3.05) is 0 Å². The maximum absolute atomic E-state index is 2.00. The van der Waals surface area contributed by atoms with E-state index in [1.54, 1.807) is 0 Å². The smallest absolute Gasteiger partial charge is 0.813 e. The molecule has 0 aromatic carbocycles. The predicted octanol–water partition coefficient (Wildman–Crippen LogP) is 1.50. The van der Waals surface area contributed by atoms with E-state index in [0.717, 1.165) is 0 Å². The van der Waals surface area contributed by atoms with E-state index in [1.165, 1.54) is 0 Å². The van der Waals surface area contributed by atoms with Crippen LogP contribution >= 0.6 is 0 Å². The van der Waals surface area contributed by atoms with Crippen molar-refractivity contribution in [2.45, 2.75) is 0 Å². The first-order chi connectivity index (χ1) is 5.00. The second-order valence-corrected chi connectivity index (χ2v) is 1.92. The molecule has 0 aromatic rings. The first-order valence-electron chi connectivity index (χ1n) is 3.33. The van der Waals surface area contributed by atoms with E-state index in [1.807, 2.05) is 64.2 Å². The standard InChI is InChI=1S/2C5H5.2Ru.2H2S/c2*1-2-4-5-3-1;;;;/h2*1-5H;;;2*1H2/q;;2*+1;;/p-2. The monoisotopic (exact) mass is 400 g/mol. The Morgan fingerprint density at radius 3 is 0.429 bits per heavy atom. The molecule has 0 N–H and O–H groups in total. The van der Waals surface area contributed by atoms with E-state index in [2.05, 4.69) is 0 Å². The van der Waals surface area contributed by atoms with Crippen molar-refractivity contribution in [3.63, 3.8) is 0 Å². The van der Waals surface area contributed by atoms with Crippen molar-refractivity contribution >= 4 is 27.0 Å². The molecule has 12 radical (unpaired) electrons. The first-order valence-corrected chi connectivity index (χ1v) is 3.33. The van der Waals surface area contributed by atoms with Gasteiger partial charge in [-0.3, -0.25) is 0 Å². The van der Waals surface area contributed by atoms with Gasteiger partial charge in [-0.05, 0) is 64.2 Å². The predicted molar refractivity (Wildman–Crippen MR) is 60.5 cm³/mol. The van der Waals surface area contributed by atoms with Crippen LogP contribution in [0, 0.1) is 64.2 Å². The third kappa shape index (κ3) is 16.4. The molecule has 0 bridgehead atoms. The maximum Gasteiger partial charge on any atom is 1.00 e. The average molecular weight is 398 g/mol. The first kappa shape index (κ1) is 25.0. The van der Waals surface area contributed by atoms with Crippen LogP contribution in [-0.2, 0) is 65.9 Å². The minimum atomic E-state index is 0. The Kier molecular flexibility index (Phi) is 36.3.